The molecule has 2 atom stereocenters. The molecule has 0 radical (unpaired) electrons. The molecular weight excluding hydrogens is 528 g/mol. The SMILES string of the molecule is COc1cc(C(=O)CCCN2CC[C@H](OC(=O)c3cc(Cl)c(N)c4c3OCC4)[C@H](OC)C2)cc(OC)c1OC. The van der Waals surface area contributed by atoms with Crippen molar-refractivity contribution in [2.45, 2.75) is 37.9 Å². The molecule has 2 aliphatic rings. The highest BCUT2D eigenvalue weighted by molar-refractivity contribution is 6.33. The van der Waals surface area contributed by atoms with Gasteiger partial charge in [0.25, 0.3) is 0 Å². The fourth-order valence-corrected chi connectivity index (χ4v) is 5.32. The van der Waals surface area contributed by atoms with Gasteiger partial charge >= 0.3 is 5.97 Å². The molecule has 2 aromatic rings. The summed E-state index contributed by atoms with van der Waals surface area (Å²) in [4.78, 5) is 28.2. The summed E-state index contributed by atoms with van der Waals surface area (Å²) in [5.74, 6) is 1.26. The number of hydrogen-bond donors (Lipinski definition) is 1. The number of anilines is 1. The van der Waals surface area contributed by atoms with E-state index in [1.54, 1.807) is 19.2 Å². The molecule has 0 amide bonds. The first-order valence-corrected chi connectivity index (χ1v) is 13.2. The van der Waals surface area contributed by atoms with Crippen molar-refractivity contribution in [2.24, 2.45) is 0 Å². The van der Waals surface area contributed by atoms with Crippen LogP contribution in [-0.4, -0.2) is 83.5 Å². The van der Waals surface area contributed by atoms with Crippen LogP contribution >= 0.6 is 11.6 Å². The highest BCUT2D eigenvalue weighted by atomic mass is 35.5. The number of benzene rings is 2. The van der Waals surface area contributed by atoms with Crippen molar-refractivity contribution < 1.29 is 38.0 Å². The Morgan fingerprint density at radius 2 is 1.79 bits per heavy atom. The van der Waals surface area contributed by atoms with E-state index in [1.807, 2.05) is 0 Å². The maximum Gasteiger partial charge on any atom is 0.342 e. The lowest BCUT2D eigenvalue weighted by Gasteiger charge is -2.37. The summed E-state index contributed by atoms with van der Waals surface area (Å²) in [6.07, 6.45) is 1.47. The monoisotopic (exact) mass is 562 g/mol. The van der Waals surface area contributed by atoms with Crippen LogP contribution < -0.4 is 24.7 Å². The number of nitrogen functional groups attached to an aromatic ring is 1. The Morgan fingerprint density at radius 1 is 1.08 bits per heavy atom. The number of ether oxygens (including phenoxy) is 6. The molecule has 0 aliphatic carbocycles. The van der Waals surface area contributed by atoms with Crippen molar-refractivity contribution in [1.82, 2.24) is 4.90 Å². The third-order valence-corrected chi connectivity index (χ3v) is 7.51. The van der Waals surface area contributed by atoms with Crippen LogP contribution in [0.4, 0.5) is 5.69 Å². The first-order valence-electron chi connectivity index (χ1n) is 12.8. The van der Waals surface area contributed by atoms with Gasteiger partial charge in [0.1, 0.15) is 23.5 Å². The normalized spacial score (nSPS) is 18.7. The summed E-state index contributed by atoms with van der Waals surface area (Å²) in [6.45, 7) is 2.42. The van der Waals surface area contributed by atoms with Gasteiger partial charge in [-0.2, -0.15) is 0 Å². The number of rotatable bonds is 11. The number of Topliss-reactive ketones (excluding diaryl/α,β-unsaturated/α-hetero) is 1. The Labute approximate surface area is 233 Å². The van der Waals surface area contributed by atoms with Crippen molar-refractivity contribution in [3.63, 3.8) is 0 Å². The van der Waals surface area contributed by atoms with Crippen molar-refractivity contribution in [3.8, 4) is 23.0 Å². The predicted molar refractivity (Wildman–Crippen MR) is 146 cm³/mol. The Bertz CT molecular complexity index is 1200. The zero-order valence-corrected chi connectivity index (χ0v) is 23.5. The average molecular weight is 563 g/mol. The first-order chi connectivity index (χ1) is 18.8. The predicted octanol–water partition coefficient (Wildman–Crippen LogP) is 3.79. The molecule has 2 N–H and O–H groups in total. The quantitative estimate of drug-likeness (QED) is 0.246. The molecule has 11 heteroatoms. The van der Waals surface area contributed by atoms with Crippen LogP contribution in [0.1, 0.15) is 45.5 Å². The number of nitrogens with zero attached hydrogens (tertiary/aromatic N) is 1. The Kier molecular flexibility index (Phi) is 9.42. The van der Waals surface area contributed by atoms with Crippen LogP contribution in [0.25, 0.3) is 0 Å². The van der Waals surface area contributed by atoms with Crippen molar-refractivity contribution in [3.05, 3.63) is 39.9 Å². The second-order valence-corrected chi connectivity index (χ2v) is 9.88. The van der Waals surface area contributed by atoms with Crippen LogP contribution in [0.3, 0.4) is 0 Å². The summed E-state index contributed by atoms with van der Waals surface area (Å²) < 4.78 is 33.2. The summed E-state index contributed by atoms with van der Waals surface area (Å²) in [7, 11) is 6.16. The highest BCUT2D eigenvalue weighted by Gasteiger charge is 2.34. The first kappa shape index (κ1) is 28.8. The molecule has 10 nitrogen and oxygen atoms in total. The fraction of sp³-hybridized carbons (Fsp3) is 0.500. The van der Waals surface area contributed by atoms with Gasteiger partial charge in [-0.15, -0.1) is 0 Å². The van der Waals surface area contributed by atoms with E-state index in [9.17, 15) is 9.59 Å². The van der Waals surface area contributed by atoms with Crippen LogP contribution in [0.5, 0.6) is 23.0 Å². The number of carbonyl (C=O) groups excluding carboxylic acids is 2. The number of hydrogen-bond acceptors (Lipinski definition) is 10. The number of ketones is 1. The lowest BCUT2D eigenvalue weighted by atomic mass is 10.0. The molecule has 2 aliphatic heterocycles. The summed E-state index contributed by atoms with van der Waals surface area (Å²) in [5.41, 5.74) is 8.01. The molecule has 0 bridgehead atoms. The second kappa shape index (κ2) is 12.8. The second-order valence-electron chi connectivity index (χ2n) is 9.47. The van der Waals surface area contributed by atoms with E-state index < -0.39 is 12.1 Å². The molecule has 1 fully saturated rings. The number of methoxy groups -OCH3 is 4. The number of halogens is 1. The number of piperidine rings is 1. The minimum absolute atomic E-state index is 0.0155. The Morgan fingerprint density at radius 3 is 2.44 bits per heavy atom. The van der Waals surface area contributed by atoms with Gasteiger partial charge < -0.3 is 39.1 Å². The number of nitrogens with two attached hydrogens (primary N) is 1. The van der Waals surface area contributed by atoms with Gasteiger partial charge in [0.05, 0.1) is 38.6 Å². The maximum atomic E-state index is 13.1. The van der Waals surface area contributed by atoms with E-state index in [0.29, 0.717) is 91.2 Å². The van der Waals surface area contributed by atoms with Gasteiger partial charge in [0.2, 0.25) is 5.75 Å². The molecule has 0 spiro atoms. The third-order valence-electron chi connectivity index (χ3n) is 7.20. The number of likely N-dealkylation sites (tertiary alicyclic amines) is 1. The molecule has 0 saturated carbocycles. The zero-order valence-electron chi connectivity index (χ0n) is 22.7. The van der Waals surface area contributed by atoms with E-state index in [4.69, 9.17) is 45.8 Å². The van der Waals surface area contributed by atoms with Gasteiger partial charge in [0.15, 0.2) is 17.3 Å². The van der Waals surface area contributed by atoms with Crippen molar-refractivity contribution in [2.75, 3.05) is 60.4 Å². The van der Waals surface area contributed by atoms with Gasteiger partial charge in [-0.1, -0.05) is 11.6 Å². The fourth-order valence-electron chi connectivity index (χ4n) is 5.09. The van der Waals surface area contributed by atoms with Gasteiger partial charge in [-0.25, -0.2) is 4.79 Å². The lowest BCUT2D eigenvalue weighted by Crippen LogP contribution is -2.49. The molecule has 2 heterocycles. The maximum absolute atomic E-state index is 13.1. The minimum atomic E-state index is -0.508. The van der Waals surface area contributed by atoms with Gasteiger partial charge in [-0.3, -0.25) is 4.79 Å². The molecular formula is C28H35ClN2O8. The molecule has 0 aromatic heterocycles. The summed E-state index contributed by atoms with van der Waals surface area (Å²) in [6, 6.07) is 4.84. The minimum Gasteiger partial charge on any atom is -0.493 e. The van der Waals surface area contributed by atoms with E-state index in [0.717, 1.165) is 5.56 Å². The standard InChI is InChI=1S/C28H35ClN2O8/c1-34-22-12-16(13-23(35-2)27(22)37-4)20(32)6-5-9-31-10-7-21(24(15-31)36-3)39-28(33)18-14-19(29)25(30)17-8-11-38-26(17)18/h12-14,21,24H,5-11,15,30H2,1-4H3/t21-,24+/m0/s1. The molecule has 39 heavy (non-hydrogen) atoms. The van der Waals surface area contributed by atoms with Crippen LogP contribution in [-0.2, 0) is 15.9 Å². The topological polar surface area (TPSA) is 119 Å². The third kappa shape index (κ3) is 6.18. The number of esters is 1. The Hall–Kier alpha value is -3.21. The largest absolute Gasteiger partial charge is 0.493 e. The van der Waals surface area contributed by atoms with E-state index >= 15 is 0 Å². The van der Waals surface area contributed by atoms with E-state index in [1.165, 1.54) is 27.4 Å². The van der Waals surface area contributed by atoms with Crippen LogP contribution in [0, 0.1) is 0 Å². The smallest absolute Gasteiger partial charge is 0.342 e. The number of fused-ring (bicyclic) bond motifs is 1. The van der Waals surface area contributed by atoms with Gasteiger partial charge in [0, 0.05) is 44.2 Å². The number of carbonyl (C=O) groups is 2. The van der Waals surface area contributed by atoms with Crippen LogP contribution in [0.15, 0.2) is 18.2 Å². The molecule has 4 rings (SSSR count). The summed E-state index contributed by atoms with van der Waals surface area (Å²) in [5, 5.41) is 0.311. The van der Waals surface area contributed by atoms with Gasteiger partial charge in [-0.05, 0) is 37.6 Å². The van der Waals surface area contributed by atoms with Crippen LogP contribution in [0.2, 0.25) is 5.02 Å². The van der Waals surface area contributed by atoms with E-state index in [2.05, 4.69) is 4.90 Å². The van der Waals surface area contributed by atoms with E-state index in [-0.39, 0.29) is 17.5 Å². The van der Waals surface area contributed by atoms with Crippen molar-refractivity contribution >= 4 is 29.0 Å². The Balaban J connectivity index is 1.32. The molecule has 212 valence electrons. The molecule has 2 aromatic carbocycles. The molecule has 0 unspecified atom stereocenters. The zero-order chi connectivity index (χ0) is 28.1. The van der Waals surface area contributed by atoms with Crippen molar-refractivity contribution in [1.29, 1.82) is 0 Å². The lowest BCUT2D eigenvalue weighted by molar-refractivity contribution is -0.0730. The average Bonchev–Trinajstić information content (AvgIpc) is 3.44. The summed E-state index contributed by atoms with van der Waals surface area (Å²) >= 11 is 6.25. The highest BCUT2D eigenvalue weighted by Crippen LogP contribution is 2.40. The molecule has 1 saturated heterocycles.